The van der Waals surface area contributed by atoms with Gasteiger partial charge in [-0.2, -0.15) is 5.10 Å². The maximum absolute atomic E-state index is 13.7. The van der Waals surface area contributed by atoms with Gasteiger partial charge < -0.3 is 23.9 Å². The molecule has 1 aliphatic heterocycles. The van der Waals surface area contributed by atoms with Crippen LogP contribution >= 0.6 is 11.6 Å². The zero-order chi connectivity index (χ0) is 27.0. The lowest BCUT2D eigenvalue weighted by Crippen LogP contribution is -2.29. The van der Waals surface area contributed by atoms with E-state index in [-0.39, 0.29) is 18.2 Å². The summed E-state index contributed by atoms with van der Waals surface area (Å²) in [6, 6.07) is 12.0. The number of fused-ring (bicyclic) bond motifs is 1. The highest BCUT2D eigenvalue weighted by Gasteiger charge is 2.43. The number of phenols is 1. The van der Waals surface area contributed by atoms with Crippen LogP contribution in [0, 0.1) is 12.8 Å². The lowest BCUT2D eigenvalue weighted by atomic mass is 9.95. The molecule has 0 radical (unpaired) electrons. The van der Waals surface area contributed by atoms with Crippen molar-refractivity contribution in [2.75, 3.05) is 13.7 Å². The van der Waals surface area contributed by atoms with Gasteiger partial charge in [-0.05, 0) is 66.8 Å². The van der Waals surface area contributed by atoms with Crippen LogP contribution in [0.3, 0.4) is 0 Å². The van der Waals surface area contributed by atoms with Crippen LogP contribution in [0.5, 0.6) is 17.2 Å². The Morgan fingerprint density at radius 3 is 2.74 bits per heavy atom. The minimum Gasteiger partial charge on any atom is -0.507 e. The molecule has 1 aliphatic rings. The number of nitrogens with one attached hydrogen (secondary N) is 1. The van der Waals surface area contributed by atoms with Crippen LogP contribution in [0.2, 0.25) is 5.02 Å². The normalized spacial score (nSPS) is 14.8. The van der Waals surface area contributed by atoms with E-state index in [2.05, 4.69) is 24.0 Å². The fourth-order valence-corrected chi connectivity index (χ4v) is 4.88. The number of hydrogen-bond acceptors (Lipinski definition) is 6. The van der Waals surface area contributed by atoms with E-state index < -0.39 is 6.04 Å². The number of aromatic hydroxyl groups is 1. The van der Waals surface area contributed by atoms with Crippen LogP contribution in [0.15, 0.2) is 53.1 Å². The van der Waals surface area contributed by atoms with E-state index in [9.17, 15) is 9.90 Å². The molecule has 0 aliphatic carbocycles. The van der Waals surface area contributed by atoms with Crippen molar-refractivity contribution in [3.05, 3.63) is 81.9 Å². The summed E-state index contributed by atoms with van der Waals surface area (Å²) in [6.45, 7) is 6.92. The Balaban J connectivity index is 1.61. The zero-order valence-electron chi connectivity index (χ0n) is 21.7. The maximum atomic E-state index is 13.7. The number of benzene rings is 2. The summed E-state index contributed by atoms with van der Waals surface area (Å²) in [5, 5.41) is 18.6. The van der Waals surface area contributed by atoms with Crippen molar-refractivity contribution in [1.29, 1.82) is 0 Å². The Hall–Kier alpha value is -3.91. The van der Waals surface area contributed by atoms with Crippen LogP contribution in [-0.4, -0.2) is 39.8 Å². The number of ether oxygens (including phenoxy) is 2. The average Bonchev–Trinajstić information content (AvgIpc) is 3.61. The monoisotopic (exact) mass is 535 g/mol. The molecular formula is C29H30ClN3O5. The standard InChI is InChI=1S/C29H30ClN3O5/c1-16(2)9-11-38-23-8-7-18(13-24(23)36-4)28-25-26(20-14-21(30)17(3)12-22(20)34)31-32-27(25)29(35)33(28)15-19-6-5-10-37-19/h5-8,10,12-14,16,28,34H,9,11,15H2,1-4H3,(H,31,32). The number of nitrogens with zero attached hydrogens (tertiary/aromatic N) is 2. The number of phenolic OH excluding ortho intramolecular Hbond substituents is 1. The second-order valence-corrected chi connectivity index (χ2v) is 10.2. The van der Waals surface area contributed by atoms with Gasteiger partial charge >= 0.3 is 0 Å². The number of rotatable bonds is 9. The SMILES string of the molecule is COc1cc(C2c3c(-c4cc(Cl)c(C)cc4O)n[nH]c3C(=O)N2Cc2ccco2)ccc1OCCC(C)C. The van der Waals surface area contributed by atoms with Gasteiger partial charge in [0.15, 0.2) is 11.5 Å². The first-order valence-electron chi connectivity index (χ1n) is 12.5. The van der Waals surface area contributed by atoms with Gasteiger partial charge in [0.25, 0.3) is 5.91 Å². The molecular weight excluding hydrogens is 506 g/mol. The number of amides is 1. The van der Waals surface area contributed by atoms with Crippen molar-refractivity contribution in [2.45, 2.75) is 39.8 Å². The summed E-state index contributed by atoms with van der Waals surface area (Å²) in [5.41, 5.74) is 3.44. The van der Waals surface area contributed by atoms with Gasteiger partial charge in [0, 0.05) is 16.1 Å². The fraction of sp³-hybridized carbons (Fsp3) is 0.310. The first-order chi connectivity index (χ1) is 18.3. The molecule has 3 heterocycles. The minimum absolute atomic E-state index is 0.0309. The Labute approximate surface area is 226 Å². The molecule has 2 aromatic heterocycles. The molecule has 8 nitrogen and oxygen atoms in total. The van der Waals surface area contributed by atoms with E-state index in [1.807, 2.05) is 31.2 Å². The van der Waals surface area contributed by atoms with Crippen LogP contribution < -0.4 is 9.47 Å². The Bertz CT molecular complexity index is 1460. The molecule has 1 unspecified atom stereocenters. The average molecular weight is 536 g/mol. The smallest absolute Gasteiger partial charge is 0.273 e. The maximum Gasteiger partial charge on any atom is 0.273 e. The number of carbonyl (C=O) groups excluding carboxylic acids is 1. The summed E-state index contributed by atoms with van der Waals surface area (Å²) in [7, 11) is 1.59. The van der Waals surface area contributed by atoms with Gasteiger partial charge in [-0.15, -0.1) is 0 Å². The predicted molar refractivity (Wildman–Crippen MR) is 144 cm³/mol. The number of carbonyl (C=O) groups is 1. The topological polar surface area (TPSA) is 101 Å². The second-order valence-electron chi connectivity index (χ2n) is 9.84. The molecule has 1 amide bonds. The van der Waals surface area contributed by atoms with Crippen LogP contribution in [0.25, 0.3) is 11.3 Å². The molecule has 0 spiro atoms. The number of H-pyrrole nitrogens is 1. The number of aromatic nitrogens is 2. The van der Waals surface area contributed by atoms with Crippen molar-refractivity contribution in [3.63, 3.8) is 0 Å². The molecule has 2 N–H and O–H groups in total. The largest absolute Gasteiger partial charge is 0.507 e. The number of furan rings is 1. The van der Waals surface area contributed by atoms with E-state index in [0.717, 1.165) is 17.5 Å². The molecule has 9 heteroatoms. The molecule has 198 valence electrons. The number of hydrogen-bond donors (Lipinski definition) is 2. The van der Waals surface area contributed by atoms with Gasteiger partial charge in [-0.25, -0.2) is 0 Å². The van der Waals surface area contributed by atoms with Crippen LogP contribution in [0.1, 0.15) is 59.2 Å². The number of aromatic amines is 1. The van der Waals surface area contributed by atoms with E-state index in [1.165, 1.54) is 0 Å². The fourth-order valence-electron chi connectivity index (χ4n) is 4.72. The lowest BCUT2D eigenvalue weighted by molar-refractivity contribution is 0.0716. The molecule has 2 aromatic carbocycles. The van der Waals surface area contributed by atoms with Gasteiger partial charge in [0.05, 0.1) is 32.6 Å². The molecule has 5 rings (SSSR count). The van der Waals surface area contributed by atoms with E-state index in [0.29, 0.717) is 57.3 Å². The number of aryl methyl sites for hydroxylation is 1. The Morgan fingerprint density at radius 2 is 2.03 bits per heavy atom. The van der Waals surface area contributed by atoms with E-state index in [4.69, 9.17) is 25.5 Å². The van der Waals surface area contributed by atoms with Crippen molar-refractivity contribution < 1.29 is 23.8 Å². The van der Waals surface area contributed by atoms with E-state index >= 15 is 0 Å². The van der Waals surface area contributed by atoms with Gasteiger partial charge in [-0.3, -0.25) is 9.89 Å². The molecule has 0 bridgehead atoms. The second kappa shape index (κ2) is 10.5. The minimum atomic E-state index is -0.533. The van der Waals surface area contributed by atoms with Crippen molar-refractivity contribution >= 4 is 17.5 Å². The highest BCUT2D eigenvalue weighted by molar-refractivity contribution is 6.31. The van der Waals surface area contributed by atoms with Crippen molar-refractivity contribution in [3.8, 4) is 28.5 Å². The zero-order valence-corrected chi connectivity index (χ0v) is 22.5. The van der Waals surface area contributed by atoms with E-state index in [1.54, 1.807) is 36.5 Å². The quantitative estimate of drug-likeness (QED) is 0.253. The van der Waals surface area contributed by atoms with Crippen molar-refractivity contribution in [1.82, 2.24) is 15.1 Å². The summed E-state index contributed by atoms with van der Waals surface area (Å²) in [6.07, 6.45) is 2.50. The summed E-state index contributed by atoms with van der Waals surface area (Å²) in [5.74, 6) is 2.16. The molecule has 1 atom stereocenters. The van der Waals surface area contributed by atoms with Gasteiger partial charge in [0.2, 0.25) is 0 Å². The molecule has 0 fully saturated rings. The first-order valence-corrected chi connectivity index (χ1v) is 12.9. The molecule has 4 aromatic rings. The third-order valence-electron chi connectivity index (χ3n) is 6.76. The Kier molecular flexibility index (Phi) is 7.08. The lowest BCUT2D eigenvalue weighted by Gasteiger charge is -2.26. The number of halogens is 1. The summed E-state index contributed by atoms with van der Waals surface area (Å²) in [4.78, 5) is 15.4. The Morgan fingerprint density at radius 1 is 1.21 bits per heavy atom. The highest BCUT2D eigenvalue weighted by atomic mass is 35.5. The molecule has 0 saturated heterocycles. The summed E-state index contributed by atoms with van der Waals surface area (Å²) >= 11 is 6.41. The molecule has 38 heavy (non-hydrogen) atoms. The van der Waals surface area contributed by atoms with Crippen LogP contribution in [0.4, 0.5) is 0 Å². The van der Waals surface area contributed by atoms with Gasteiger partial charge in [0.1, 0.15) is 22.9 Å². The number of methoxy groups -OCH3 is 1. The molecule has 0 saturated carbocycles. The predicted octanol–water partition coefficient (Wildman–Crippen LogP) is 6.52. The highest BCUT2D eigenvalue weighted by Crippen LogP contribution is 2.47. The third kappa shape index (κ3) is 4.72. The van der Waals surface area contributed by atoms with Gasteiger partial charge in [-0.1, -0.05) is 31.5 Å². The first kappa shape index (κ1) is 25.7. The third-order valence-corrected chi connectivity index (χ3v) is 7.17. The van der Waals surface area contributed by atoms with Crippen molar-refractivity contribution in [2.24, 2.45) is 5.92 Å². The summed E-state index contributed by atoms with van der Waals surface area (Å²) < 4.78 is 17.2. The van der Waals surface area contributed by atoms with Crippen LogP contribution in [-0.2, 0) is 6.54 Å².